The van der Waals surface area contributed by atoms with Crippen molar-refractivity contribution in [2.45, 2.75) is 25.7 Å². The largest absolute Gasteiger partial charge is 0.478 e. The average Bonchev–Trinajstić information content (AvgIpc) is 2.29. The zero-order valence-electron chi connectivity index (χ0n) is 9.32. The predicted octanol–water partition coefficient (Wildman–Crippen LogP) is 0.577. The number of rotatable bonds is 5. The smallest absolute Gasteiger partial charge is 0.329 e. The summed E-state index contributed by atoms with van der Waals surface area (Å²) in [5.41, 5.74) is 0. The predicted molar refractivity (Wildman–Crippen MR) is 59.8 cm³/mol. The summed E-state index contributed by atoms with van der Waals surface area (Å²) in [6, 6.07) is 0. The Balaban J connectivity index is 2.12. The summed E-state index contributed by atoms with van der Waals surface area (Å²) in [5.74, 6) is -0.842. The van der Waals surface area contributed by atoms with E-state index in [4.69, 9.17) is 5.11 Å². The van der Waals surface area contributed by atoms with Crippen LogP contribution >= 0.6 is 0 Å². The molecule has 0 aromatic heterocycles. The third-order valence-corrected chi connectivity index (χ3v) is 2.54. The van der Waals surface area contributed by atoms with Gasteiger partial charge in [-0.15, -0.1) is 0 Å². The first-order valence-electron chi connectivity index (χ1n) is 5.61. The monoisotopic (exact) mass is 226 g/mol. The van der Waals surface area contributed by atoms with Gasteiger partial charge < -0.3 is 15.3 Å². The van der Waals surface area contributed by atoms with Crippen LogP contribution in [0.1, 0.15) is 25.7 Å². The summed E-state index contributed by atoms with van der Waals surface area (Å²) in [6.45, 7) is 2.21. The van der Waals surface area contributed by atoms with Crippen molar-refractivity contribution in [2.75, 3.05) is 19.6 Å². The molecule has 0 saturated carbocycles. The van der Waals surface area contributed by atoms with Crippen LogP contribution in [0.15, 0.2) is 12.3 Å². The molecule has 0 aromatic carbocycles. The number of nitrogens with zero attached hydrogens (tertiary/aromatic N) is 1. The van der Waals surface area contributed by atoms with Crippen LogP contribution in [0.4, 0.5) is 0 Å². The van der Waals surface area contributed by atoms with Crippen molar-refractivity contribution < 1.29 is 14.7 Å². The van der Waals surface area contributed by atoms with E-state index in [9.17, 15) is 9.59 Å². The molecule has 1 aliphatic heterocycles. The Bertz CT molecular complexity index is 270. The van der Waals surface area contributed by atoms with Gasteiger partial charge in [0, 0.05) is 38.3 Å². The number of piperidine rings is 1. The van der Waals surface area contributed by atoms with Gasteiger partial charge in [0.15, 0.2) is 0 Å². The molecule has 1 amide bonds. The lowest BCUT2D eigenvalue weighted by atomic mass is 10.1. The zero-order chi connectivity index (χ0) is 11.8. The van der Waals surface area contributed by atoms with Crippen LogP contribution in [0.2, 0.25) is 0 Å². The van der Waals surface area contributed by atoms with Crippen molar-refractivity contribution in [3.63, 3.8) is 0 Å². The van der Waals surface area contributed by atoms with Crippen LogP contribution in [0, 0.1) is 0 Å². The molecule has 0 bridgehead atoms. The molecule has 5 heteroatoms. The molecule has 0 atom stereocenters. The summed E-state index contributed by atoms with van der Waals surface area (Å²) >= 11 is 0. The highest BCUT2D eigenvalue weighted by molar-refractivity contribution is 5.79. The molecule has 5 nitrogen and oxygen atoms in total. The number of aliphatic carboxylic acids is 1. The second-order valence-electron chi connectivity index (χ2n) is 3.82. The molecule has 1 saturated heterocycles. The summed E-state index contributed by atoms with van der Waals surface area (Å²) < 4.78 is 0. The Hall–Kier alpha value is -1.52. The number of hydrogen-bond donors (Lipinski definition) is 2. The Labute approximate surface area is 95.1 Å². The lowest BCUT2D eigenvalue weighted by Crippen LogP contribution is -2.36. The normalized spacial score (nSPS) is 16.4. The first-order valence-corrected chi connectivity index (χ1v) is 5.61. The van der Waals surface area contributed by atoms with Crippen LogP contribution < -0.4 is 5.32 Å². The molecule has 1 heterocycles. The lowest BCUT2D eigenvalue weighted by Gasteiger charge is -2.26. The van der Waals surface area contributed by atoms with Crippen molar-refractivity contribution >= 4 is 11.9 Å². The summed E-state index contributed by atoms with van der Waals surface area (Å²) in [4.78, 5) is 23.7. The van der Waals surface area contributed by atoms with Gasteiger partial charge in [0.25, 0.3) is 0 Å². The number of nitrogens with one attached hydrogen (secondary N) is 1. The van der Waals surface area contributed by atoms with Crippen molar-refractivity contribution in [3.05, 3.63) is 12.3 Å². The van der Waals surface area contributed by atoms with E-state index in [0.717, 1.165) is 32.0 Å². The summed E-state index contributed by atoms with van der Waals surface area (Å²) in [6.07, 6.45) is 6.20. The van der Waals surface area contributed by atoms with E-state index in [2.05, 4.69) is 5.32 Å². The van der Waals surface area contributed by atoms with Gasteiger partial charge in [-0.05, 0) is 19.3 Å². The summed E-state index contributed by atoms with van der Waals surface area (Å²) in [7, 11) is 0. The first-order chi connectivity index (χ1) is 7.70. The maximum atomic E-state index is 11.6. The molecule has 90 valence electrons. The number of hydrogen-bond acceptors (Lipinski definition) is 3. The molecule has 0 aliphatic carbocycles. The molecular weight excluding hydrogens is 208 g/mol. The Morgan fingerprint density at radius 3 is 2.56 bits per heavy atom. The number of carboxylic acid groups (broad SMARTS) is 1. The van der Waals surface area contributed by atoms with Gasteiger partial charge >= 0.3 is 5.97 Å². The minimum absolute atomic E-state index is 0.149. The minimum Gasteiger partial charge on any atom is -0.478 e. The molecule has 0 radical (unpaired) electrons. The third kappa shape index (κ3) is 4.82. The number of carbonyl (C=O) groups excluding carboxylic acids is 1. The van der Waals surface area contributed by atoms with E-state index in [-0.39, 0.29) is 5.91 Å². The summed E-state index contributed by atoms with van der Waals surface area (Å²) in [5, 5.41) is 11.1. The van der Waals surface area contributed by atoms with Crippen molar-refractivity contribution in [1.82, 2.24) is 10.2 Å². The number of carboxylic acids is 1. The molecule has 0 aromatic rings. The molecule has 16 heavy (non-hydrogen) atoms. The van der Waals surface area contributed by atoms with Gasteiger partial charge in [0.05, 0.1) is 0 Å². The Morgan fingerprint density at radius 1 is 1.25 bits per heavy atom. The Kier molecular flexibility index (Phi) is 5.39. The zero-order valence-corrected chi connectivity index (χ0v) is 9.32. The maximum absolute atomic E-state index is 11.6. The third-order valence-electron chi connectivity index (χ3n) is 2.54. The Morgan fingerprint density at radius 2 is 1.94 bits per heavy atom. The fourth-order valence-corrected chi connectivity index (χ4v) is 1.69. The highest BCUT2D eigenvalue weighted by Gasteiger charge is 2.15. The molecule has 0 unspecified atom stereocenters. The van der Waals surface area contributed by atoms with Gasteiger partial charge in [-0.2, -0.15) is 0 Å². The number of carbonyl (C=O) groups is 2. The molecule has 1 aliphatic rings. The fourth-order valence-electron chi connectivity index (χ4n) is 1.69. The van der Waals surface area contributed by atoms with E-state index in [1.165, 1.54) is 12.6 Å². The van der Waals surface area contributed by atoms with Gasteiger partial charge in [-0.25, -0.2) is 4.79 Å². The molecule has 2 N–H and O–H groups in total. The van der Waals surface area contributed by atoms with Crippen LogP contribution in [0.3, 0.4) is 0 Å². The van der Waals surface area contributed by atoms with Crippen LogP contribution in [-0.2, 0) is 9.59 Å². The first kappa shape index (κ1) is 12.5. The van der Waals surface area contributed by atoms with Gasteiger partial charge in [0.2, 0.25) is 5.91 Å². The van der Waals surface area contributed by atoms with Gasteiger partial charge in [-0.1, -0.05) is 0 Å². The molecule has 1 fully saturated rings. The molecule has 0 spiro atoms. The van der Waals surface area contributed by atoms with Gasteiger partial charge in [-0.3, -0.25) is 4.79 Å². The maximum Gasteiger partial charge on any atom is 0.329 e. The van der Waals surface area contributed by atoms with Crippen LogP contribution in [0.25, 0.3) is 0 Å². The standard InChI is InChI=1S/C11H18N2O3/c14-10(13-8-2-1-3-9-13)4-6-12-7-5-11(15)16/h5,7,12H,1-4,6,8-9H2,(H,15,16)/b7-5+. The minimum atomic E-state index is -0.991. The second-order valence-corrected chi connectivity index (χ2v) is 3.82. The van der Waals surface area contributed by atoms with E-state index < -0.39 is 5.97 Å². The fraction of sp³-hybridized carbons (Fsp3) is 0.636. The molecular formula is C11H18N2O3. The van der Waals surface area contributed by atoms with Crippen molar-refractivity contribution in [2.24, 2.45) is 0 Å². The van der Waals surface area contributed by atoms with Crippen molar-refractivity contribution in [1.29, 1.82) is 0 Å². The van der Waals surface area contributed by atoms with Crippen molar-refractivity contribution in [3.8, 4) is 0 Å². The topological polar surface area (TPSA) is 69.6 Å². The average molecular weight is 226 g/mol. The number of likely N-dealkylation sites (tertiary alicyclic amines) is 1. The van der Waals surface area contributed by atoms with Gasteiger partial charge in [0.1, 0.15) is 0 Å². The highest BCUT2D eigenvalue weighted by Crippen LogP contribution is 2.09. The van der Waals surface area contributed by atoms with Crippen LogP contribution in [0.5, 0.6) is 0 Å². The molecule has 1 rings (SSSR count). The van der Waals surface area contributed by atoms with E-state index >= 15 is 0 Å². The van der Waals surface area contributed by atoms with Crippen LogP contribution in [-0.4, -0.2) is 41.5 Å². The number of amides is 1. The second kappa shape index (κ2) is 6.87. The SMILES string of the molecule is O=C(O)/C=C/NCCC(=O)N1CCCCC1. The quantitative estimate of drug-likeness (QED) is 0.531. The van der Waals surface area contributed by atoms with E-state index in [1.54, 1.807) is 0 Å². The lowest BCUT2D eigenvalue weighted by molar-refractivity contribution is -0.132. The van der Waals surface area contributed by atoms with E-state index in [0.29, 0.717) is 13.0 Å². The van der Waals surface area contributed by atoms with E-state index in [1.807, 2.05) is 4.90 Å². The highest BCUT2D eigenvalue weighted by atomic mass is 16.4.